The van der Waals surface area contributed by atoms with Gasteiger partial charge in [-0.05, 0) is 70.5 Å². The molecule has 2 aromatic rings. The molecule has 2 nitrogen and oxygen atoms in total. The quantitative estimate of drug-likeness (QED) is 0.442. The minimum atomic E-state index is -0.312. The minimum absolute atomic E-state index is 0.312. The maximum absolute atomic E-state index is 10.8. The Kier molecular flexibility index (Phi) is 4.82. The molecule has 0 aromatic heterocycles. The second kappa shape index (κ2) is 6.39. The van der Waals surface area contributed by atoms with Crippen LogP contribution in [0.4, 0.5) is 0 Å². The van der Waals surface area contributed by atoms with Crippen molar-refractivity contribution in [2.75, 3.05) is 0 Å². The van der Waals surface area contributed by atoms with Crippen molar-refractivity contribution in [3.05, 3.63) is 62.2 Å². The van der Waals surface area contributed by atoms with E-state index in [2.05, 4.69) is 28.7 Å². The van der Waals surface area contributed by atoms with Gasteiger partial charge in [0.05, 0.1) is 0 Å². The smallest absolute Gasteiger partial charge is 0.308 e. The van der Waals surface area contributed by atoms with Gasteiger partial charge in [-0.1, -0.05) is 23.7 Å². The van der Waals surface area contributed by atoms with Gasteiger partial charge >= 0.3 is 5.97 Å². The number of esters is 1. The lowest BCUT2D eigenvalue weighted by Gasteiger charge is -2.06. The lowest BCUT2D eigenvalue weighted by atomic mass is 10.1. The summed E-state index contributed by atoms with van der Waals surface area (Å²) in [4.78, 5) is 10.8. The summed E-state index contributed by atoms with van der Waals surface area (Å²) in [7, 11) is 0. The molecule has 0 spiro atoms. The molecule has 0 aliphatic carbocycles. The molecule has 2 aromatic carbocycles. The molecule has 4 heteroatoms. The molecule has 0 unspecified atom stereocenters. The number of hydrogen-bond acceptors (Lipinski definition) is 2. The fraction of sp³-hybridized carbons (Fsp3) is 0.133. The molecule has 0 fully saturated rings. The van der Waals surface area contributed by atoms with Crippen LogP contribution in [0.3, 0.4) is 0 Å². The Balaban J connectivity index is 2.15. The molecule has 0 saturated heterocycles. The SMILES string of the molecule is CC(=O)Oc1ccc(Cc2cc(I)ccc2Cl)cc1. The van der Waals surface area contributed by atoms with Crippen molar-refractivity contribution in [2.24, 2.45) is 0 Å². The van der Waals surface area contributed by atoms with E-state index in [0.29, 0.717) is 5.75 Å². The summed E-state index contributed by atoms with van der Waals surface area (Å²) in [5.41, 5.74) is 2.22. The Bertz CT molecular complexity index is 594. The van der Waals surface area contributed by atoms with Crippen LogP contribution < -0.4 is 4.74 Å². The summed E-state index contributed by atoms with van der Waals surface area (Å²) in [6.45, 7) is 1.39. The van der Waals surface area contributed by atoms with Crippen molar-refractivity contribution in [2.45, 2.75) is 13.3 Å². The predicted molar refractivity (Wildman–Crippen MR) is 84.7 cm³/mol. The van der Waals surface area contributed by atoms with E-state index in [1.165, 1.54) is 6.92 Å². The highest BCUT2D eigenvalue weighted by Gasteiger charge is 2.04. The summed E-state index contributed by atoms with van der Waals surface area (Å²) in [6, 6.07) is 13.4. The molecule has 0 saturated carbocycles. The molecule has 2 rings (SSSR count). The van der Waals surface area contributed by atoms with Crippen molar-refractivity contribution >= 4 is 40.2 Å². The molecule has 19 heavy (non-hydrogen) atoms. The molecule has 0 heterocycles. The van der Waals surface area contributed by atoms with Crippen molar-refractivity contribution in [1.82, 2.24) is 0 Å². The Morgan fingerprint density at radius 1 is 1.21 bits per heavy atom. The first kappa shape index (κ1) is 14.3. The lowest BCUT2D eigenvalue weighted by Crippen LogP contribution is -2.01. The Labute approximate surface area is 130 Å². The van der Waals surface area contributed by atoms with Crippen LogP contribution in [0.5, 0.6) is 5.75 Å². The minimum Gasteiger partial charge on any atom is -0.427 e. The van der Waals surface area contributed by atoms with Gasteiger partial charge < -0.3 is 4.74 Å². The molecule has 0 amide bonds. The van der Waals surface area contributed by atoms with Crippen LogP contribution in [0.1, 0.15) is 18.1 Å². The first-order valence-corrected chi connectivity index (χ1v) is 7.21. The van der Waals surface area contributed by atoms with Gasteiger partial charge in [0.2, 0.25) is 0 Å². The van der Waals surface area contributed by atoms with Gasteiger partial charge in [-0.25, -0.2) is 0 Å². The standard InChI is InChI=1S/C15H12ClIO2/c1-10(18)19-14-5-2-11(3-6-14)8-12-9-13(17)4-7-15(12)16/h2-7,9H,8H2,1H3. The molecule has 0 radical (unpaired) electrons. The summed E-state index contributed by atoms with van der Waals surface area (Å²) in [5.74, 6) is 0.249. The number of carbonyl (C=O) groups is 1. The van der Waals surface area contributed by atoms with Gasteiger partial charge in [-0.15, -0.1) is 0 Å². The predicted octanol–water partition coefficient (Wildman–Crippen LogP) is 4.46. The highest BCUT2D eigenvalue weighted by atomic mass is 127. The molecule has 0 N–H and O–H groups in total. The summed E-state index contributed by atoms with van der Waals surface area (Å²) < 4.78 is 6.16. The van der Waals surface area contributed by atoms with Gasteiger partial charge in [0.25, 0.3) is 0 Å². The van der Waals surface area contributed by atoms with E-state index in [1.54, 1.807) is 12.1 Å². The number of carbonyl (C=O) groups excluding carboxylic acids is 1. The zero-order valence-corrected chi connectivity index (χ0v) is 13.2. The van der Waals surface area contributed by atoms with E-state index in [0.717, 1.165) is 26.1 Å². The number of rotatable bonds is 3. The molecular weight excluding hydrogens is 375 g/mol. The normalized spacial score (nSPS) is 10.3. The second-order valence-electron chi connectivity index (χ2n) is 4.15. The van der Waals surface area contributed by atoms with E-state index in [-0.39, 0.29) is 5.97 Å². The molecule has 98 valence electrons. The summed E-state index contributed by atoms with van der Waals surface area (Å²) in [6.07, 6.45) is 0.760. The third-order valence-corrected chi connectivity index (χ3v) is 3.63. The van der Waals surface area contributed by atoms with E-state index in [9.17, 15) is 4.79 Å². The van der Waals surface area contributed by atoms with E-state index < -0.39 is 0 Å². The van der Waals surface area contributed by atoms with Crippen LogP contribution in [0.25, 0.3) is 0 Å². The van der Waals surface area contributed by atoms with E-state index >= 15 is 0 Å². The Morgan fingerprint density at radius 3 is 2.53 bits per heavy atom. The van der Waals surface area contributed by atoms with Crippen molar-refractivity contribution in [3.63, 3.8) is 0 Å². The second-order valence-corrected chi connectivity index (χ2v) is 5.80. The van der Waals surface area contributed by atoms with E-state index in [1.807, 2.05) is 24.3 Å². The number of ether oxygens (including phenoxy) is 1. The number of halogens is 2. The first-order chi connectivity index (χ1) is 9.04. The highest BCUT2D eigenvalue weighted by Crippen LogP contribution is 2.23. The topological polar surface area (TPSA) is 26.3 Å². The fourth-order valence-electron chi connectivity index (χ4n) is 1.74. The largest absolute Gasteiger partial charge is 0.427 e. The highest BCUT2D eigenvalue weighted by molar-refractivity contribution is 14.1. The molecule has 0 aliphatic rings. The van der Waals surface area contributed by atoms with Gasteiger partial charge in [-0.2, -0.15) is 0 Å². The van der Waals surface area contributed by atoms with Crippen molar-refractivity contribution in [3.8, 4) is 5.75 Å². The zero-order chi connectivity index (χ0) is 13.8. The molecule has 0 aliphatic heterocycles. The van der Waals surface area contributed by atoms with E-state index in [4.69, 9.17) is 16.3 Å². The maximum Gasteiger partial charge on any atom is 0.308 e. The Hall–Kier alpha value is -1.07. The van der Waals surface area contributed by atoms with Crippen LogP contribution >= 0.6 is 34.2 Å². The number of benzene rings is 2. The summed E-state index contributed by atoms with van der Waals surface area (Å²) in [5, 5.41) is 0.768. The third kappa shape index (κ3) is 4.21. The molecule has 0 atom stereocenters. The number of hydrogen-bond donors (Lipinski definition) is 0. The summed E-state index contributed by atoms with van der Waals surface area (Å²) >= 11 is 8.44. The average Bonchev–Trinajstić information content (AvgIpc) is 2.35. The van der Waals surface area contributed by atoms with Crippen LogP contribution in [-0.4, -0.2) is 5.97 Å². The first-order valence-electron chi connectivity index (χ1n) is 5.76. The van der Waals surface area contributed by atoms with Crippen molar-refractivity contribution < 1.29 is 9.53 Å². The van der Waals surface area contributed by atoms with Crippen LogP contribution in [0.2, 0.25) is 5.02 Å². The monoisotopic (exact) mass is 386 g/mol. The molecule has 0 bridgehead atoms. The zero-order valence-electron chi connectivity index (χ0n) is 10.3. The average molecular weight is 387 g/mol. The van der Waals surface area contributed by atoms with Crippen molar-refractivity contribution in [1.29, 1.82) is 0 Å². The van der Waals surface area contributed by atoms with Crippen LogP contribution in [0, 0.1) is 3.57 Å². The van der Waals surface area contributed by atoms with Crippen LogP contribution in [-0.2, 0) is 11.2 Å². The van der Waals surface area contributed by atoms with Gasteiger partial charge in [0, 0.05) is 15.5 Å². The van der Waals surface area contributed by atoms with Crippen LogP contribution in [0.15, 0.2) is 42.5 Å². The fourth-order valence-corrected chi connectivity index (χ4v) is 2.48. The molecular formula is C15H12ClIO2. The Morgan fingerprint density at radius 2 is 1.89 bits per heavy atom. The third-order valence-electron chi connectivity index (χ3n) is 2.59. The van der Waals surface area contributed by atoms with Gasteiger partial charge in [0.1, 0.15) is 5.75 Å². The lowest BCUT2D eigenvalue weighted by molar-refractivity contribution is -0.131. The van der Waals surface area contributed by atoms with Gasteiger partial charge in [0.15, 0.2) is 0 Å². The maximum atomic E-state index is 10.8. The van der Waals surface area contributed by atoms with Gasteiger partial charge in [-0.3, -0.25) is 4.79 Å².